The summed E-state index contributed by atoms with van der Waals surface area (Å²) in [6, 6.07) is 14.2. The van der Waals surface area contributed by atoms with E-state index in [2.05, 4.69) is 21.9 Å². The molecular formula is C23H29N3O3S. The van der Waals surface area contributed by atoms with Crippen molar-refractivity contribution in [3.8, 4) is 17.2 Å². The van der Waals surface area contributed by atoms with Gasteiger partial charge in [-0.05, 0) is 62.2 Å². The smallest absolute Gasteiger partial charge is 0.161 e. The van der Waals surface area contributed by atoms with Crippen molar-refractivity contribution in [1.82, 2.24) is 4.90 Å². The minimum Gasteiger partial charge on any atom is -0.497 e. The minimum absolute atomic E-state index is 0.0157. The first-order valence-corrected chi connectivity index (χ1v) is 11.6. The number of para-hydroxylation sites is 2. The minimum atomic E-state index is -0.0157. The predicted molar refractivity (Wildman–Crippen MR) is 120 cm³/mol. The highest BCUT2D eigenvalue weighted by atomic mass is 32.2. The first-order valence-electron chi connectivity index (χ1n) is 10.7. The van der Waals surface area contributed by atoms with Crippen LogP contribution in [-0.2, 0) is 0 Å². The molecule has 3 aliphatic heterocycles. The molecular weight excluding hydrogens is 398 g/mol. The normalized spacial score (nSPS) is 24.0. The van der Waals surface area contributed by atoms with Gasteiger partial charge < -0.3 is 24.8 Å². The number of benzene rings is 2. The third-order valence-corrected chi connectivity index (χ3v) is 7.30. The van der Waals surface area contributed by atoms with E-state index in [1.807, 2.05) is 30.3 Å². The van der Waals surface area contributed by atoms with Crippen LogP contribution in [0, 0.1) is 5.92 Å². The van der Waals surface area contributed by atoms with Crippen molar-refractivity contribution in [2.45, 2.75) is 29.3 Å². The summed E-state index contributed by atoms with van der Waals surface area (Å²) in [4.78, 5) is 6.08. The number of likely N-dealkylation sites (tertiary alicyclic amines) is 1. The van der Waals surface area contributed by atoms with Gasteiger partial charge >= 0.3 is 0 Å². The van der Waals surface area contributed by atoms with Crippen LogP contribution in [-0.4, -0.2) is 56.4 Å². The first-order chi connectivity index (χ1) is 14.7. The standard InChI is InChI=1S/C23H29N3O3S/c1-27-17-6-7-19-22(12-17)30-23(24)26(19)13-16-8-10-25(11-9-16)14-18-15-28-20-4-2-3-5-21(20)29-18/h2-7,12,16,18,23H,8-11,13-15,24H2,1H3. The summed E-state index contributed by atoms with van der Waals surface area (Å²) >= 11 is 1.72. The summed E-state index contributed by atoms with van der Waals surface area (Å²) in [5.41, 5.74) is 7.66. The van der Waals surface area contributed by atoms with Gasteiger partial charge in [-0.25, -0.2) is 0 Å². The zero-order chi connectivity index (χ0) is 20.5. The number of rotatable bonds is 5. The molecule has 2 aromatic carbocycles. The molecule has 2 unspecified atom stereocenters. The van der Waals surface area contributed by atoms with Crippen molar-refractivity contribution in [3.63, 3.8) is 0 Å². The molecule has 30 heavy (non-hydrogen) atoms. The highest BCUT2D eigenvalue weighted by molar-refractivity contribution is 8.00. The molecule has 0 aliphatic carbocycles. The predicted octanol–water partition coefficient (Wildman–Crippen LogP) is 3.40. The number of nitrogens with two attached hydrogens (primary N) is 1. The summed E-state index contributed by atoms with van der Waals surface area (Å²) in [6.45, 7) is 4.74. The molecule has 0 aromatic heterocycles. The lowest BCUT2D eigenvalue weighted by Gasteiger charge is -2.37. The number of hydrogen-bond acceptors (Lipinski definition) is 7. The molecule has 160 valence electrons. The molecule has 0 spiro atoms. The van der Waals surface area contributed by atoms with E-state index in [1.54, 1.807) is 18.9 Å². The topological polar surface area (TPSA) is 60.2 Å². The van der Waals surface area contributed by atoms with Gasteiger partial charge in [-0.15, -0.1) is 0 Å². The van der Waals surface area contributed by atoms with E-state index >= 15 is 0 Å². The van der Waals surface area contributed by atoms with E-state index < -0.39 is 0 Å². The third kappa shape index (κ3) is 4.06. The average Bonchev–Trinajstić information content (AvgIpc) is 3.09. The third-order valence-electron chi connectivity index (χ3n) is 6.22. The molecule has 7 heteroatoms. The van der Waals surface area contributed by atoms with Crippen molar-refractivity contribution >= 4 is 17.4 Å². The van der Waals surface area contributed by atoms with Crippen LogP contribution in [0.15, 0.2) is 47.4 Å². The number of ether oxygens (including phenoxy) is 3. The van der Waals surface area contributed by atoms with Gasteiger partial charge in [0.25, 0.3) is 0 Å². The quantitative estimate of drug-likeness (QED) is 0.785. The van der Waals surface area contributed by atoms with Gasteiger partial charge in [0.2, 0.25) is 0 Å². The molecule has 2 atom stereocenters. The highest BCUT2D eigenvalue weighted by Gasteiger charge is 2.32. The van der Waals surface area contributed by atoms with Crippen LogP contribution in [0.25, 0.3) is 0 Å². The largest absolute Gasteiger partial charge is 0.497 e. The van der Waals surface area contributed by atoms with E-state index in [4.69, 9.17) is 19.9 Å². The molecule has 1 fully saturated rings. The zero-order valence-corrected chi connectivity index (χ0v) is 18.1. The lowest BCUT2D eigenvalue weighted by Crippen LogP contribution is -2.46. The van der Waals surface area contributed by atoms with Crippen LogP contribution in [0.5, 0.6) is 17.2 Å². The Morgan fingerprint density at radius 1 is 1.10 bits per heavy atom. The van der Waals surface area contributed by atoms with Crippen molar-refractivity contribution in [3.05, 3.63) is 42.5 Å². The Morgan fingerprint density at radius 2 is 1.90 bits per heavy atom. The van der Waals surface area contributed by atoms with Crippen LogP contribution in [0.1, 0.15) is 12.8 Å². The van der Waals surface area contributed by atoms with Crippen LogP contribution in [0.3, 0.4) is 0 Å². The SMILES string of the molecule is COc1ccc2c(c1)SC(N)N2CC1CCN(CC2COc3ccccc3O2)CC1. The Hall–Kier alpha value is -2.09. The van der Waals surface area contributed by atoms with Crippen LogP contribution >= 0.6 is 11.8 Å². The van der Waals surface area contributed by atoms with Crippen molar-refractivity contribution < 1.29 is 14.2 Å². The molecule has 2 aromatic rings. The van der Waals surface area contributed by atoms with Gasteiger partial charge in [-0.1, -0.05) is 23.9 Å². The van der Waals surface area contributed by atoms with E-state index in [1.165, 1.54) is 23.4 Å². The second-order valence-corrected chi connectivity index (χ2v) is 9.39. The van der Waals surface area contributed by atoms with Gasteiger partial charge in [-0.3, -0.25) is 4.90 Å². The summed E-state index contributed by atoms with van der Waals surface area (Å²) in [5, 5.41) is 0. The lowest BCUT2D eigenvalue weighted by atomic mass is 9.95. The molecule has 5 rings (SSSR count). The maximum absolute atomic E-state index is 6.44. The summed E-state index contributed by atoms with van der Waals surface area (Å²) in [6.07, 6.45) is 2.47. The maximum Gasteiger partial charge on any atom is 0.161 e. The van der Waals surface area contributed by atoms with Gasteiger partial charge in [0.05, 0.1) is 12.8 Å². The lowest BCUT2D eigenvalue weighted by molar-refractivity contribution is 0.0481. The Bertz CT molecular complexity index is 888. The number of nitrogens with zero attached hydrogens (tertiary/aromatic N) is 2. The Kier molecular flexibility index (Phi) is 5.67. The monoisotopic (exact) mass is 427 g/mol. The molecule has 2 N–H and O–H groups in total. The fourth-order valence-corrected chi connectivity index (χ4v) is 5.63. The van der Waals surface area contributed by atoms with Crippen molar-refractivity contribution in [1.29, 1.82) is 0 Å². The van der Waals surface area contributed by atoms with E-state index in [0.717, 1.165) is 43.4 Å². The zero-order valence-electron chi connectivity index (χ0n) is 17.3. The summed E-state index contributed by atoms with van der Waals surface area (Å²) in [7, 11) is 1.70. The molecule has 0 radical (unpaired) electrons. The van der Waals surface area contributed by atoms with Gasteiger partial charge in [0.15, 0.2) is 11.5 Å². The first kappa shape index (κ1) is 19.8. The number of fused-ring (bicyclic) bond motifs is 2. The number of methoxy groups -OCH3 is 1. The van der Waals surface area contributed by atoms with Gasteiger partial charge in [0.1, 0.15) is 24.0 Å². The summed E-state index contributed by atoms with van der Waals surface area (Å²) in [5.74, 6) is 3.26. The molecule has 0 saturated carbocycles. The van der Waals surface area contributed by atoms with E-state index in [-0.39, 0.29) is 11.6 Å². The van der Waals surface area contributed by atoms with E-state index in [9.17, 15) is 0 Å². The highest BCUT2D eigenvalue weighted by Crippen LogP contribution is 2.44. The molecule has 3 heterocycles. The Morgan fingerprint density at radius 3 is 2.70 bits per heavy atom. The number of hydrogen-bond donors (Lipinski definition) is 1. The number of piperidine rings is 1. The van der Waals surface area contributed by atoms with Crippen LogP contribution in [0.4, 0.5) is 5.69 Å². The Labute approximate surface area is 182 Å². The maximum atomic E-state index is 6.44. The molecule has 6 nitrogen and oxygen atoms in total. The van der Waals surface area contributed by atoms with Crippen molar-refractivity contribution in [2.24, 2.45) is 11.7 Å². The molecule has 0 bridgehead atoms. The number of anilines is 1. The molecule has 0 amide bonds. The molecule has 3 aliphatic rings. The van der Waals surface area contributed by atoms with Crippen molar-refractivity contribution in [2.75, 3.05) is 44.8 Å². The van der Waals surface area contributed by atoms with Crippen LogP contribution in [0.2, 0.25) is 0 Å². The van der Waals surface area contributed by atoms with Crippen LogP contribution < -0.4 is 24.8 Å². The van der Waals surface area contributed by atoms with E-state index in [0.29, 0.717) is 12.5 Å². The van der Waals surface area contributed by atoms with Gasteiger partial charge in [-0.2, -0.15) is 0 Å². The van der Waals surface area contributed by atoms with Gasteiger partial charge in [0, 0.05) is 18.0 Å². The second-order valence-electron chi connectivity index (χ2n) is 8.24. The molecule has 1 saturated heterocycles. The second kappa shape index (κ2) is 8.57. The average molecular weight is 428 g/mol. The Balaban J connectivity index is 1.13. The summed E-state index contributed by atoms with van der Waals surface area (Å²) < 4.78 is 17.4. The number of thioether (sulfide) groups is 1. The fourth-order valence-electron chi connectivity index (χ4n) is 4.56. The fraction of sp³-hybridized carbons (Fsp3) is 0.478.